The van der Waals surface area contributed by atoms with Gasteiger partial charge >= 0.3 is 0 Å². The van der Waals surface area contributed by atoms with Gasteiger partial charge in [-0.1, -0.05) is 6.92 Å². The van der Waals surface area contributed by atoms with Crippen LogP contribution >= 0.6 is 15.9 Å². The molecule has 0 bridgehead atoms. The molecule has 0 radical (unpaired) electrons. The van der Waals surface area contributed by atoms with E-state index in [1.165, 1.54) is 0 Å². The summed E-state index contributed by atoms with van der Waals surface area (Å²) in [6.45, 7) is 7.66. The Morgan fingerprint density at radius 3 is 2.70 bits per heavy atom. The second-order valence-corrected chi connectivity index (χ2v) is 6.11. The summed E-state index contributed by atoms with van der Waals surface area (Å²) in [5.74, 6) is 0. The Morgan fingerprint density at radius 1 is 1.40 bits per heavy atom. The smallest absolute Gasteiger partial charge is 0.0815 e. The van der Waals surface area contributed by atoms with Crippen LogP contribution in [0.3, 0.4) is 0 Å². The molecule has 0 amide bonds. The Morgan fingerprint density at radius 2 is 2.10 bits per heavy atom. The van der Waals surface area contributed by atoms with E-state index in [0.29, 0.717) is 39.1 Å². The molecule has 1 aromatic rings. The van der Waals surface area contributed by atoms with Gasteiger partial charge in [0.2, 0.25) is 0 Å². The molecule has 0 aromatic carbocycles. The highest BCUT2D eigenvalue weighted by Crippen LogP contribution is 2.23. The van der Waals surface area contributed by atoms with Crippen molar-refractivity contribution in [1.29, 1.82) is 0 Å². The van der Waals surface area contributed by atoms with Gasteiger partial charge in [0, 0.05) is 45.7 Å². The number of aryl methyl sites for hydroxylation is 2. The highest BCUT2D eigenvalue weighted by Gasteiger charge is 2.29. The summed E-state index contributed by atoms with van der Waals surface area (Å²) < 4.78 is 8.40. The maximum absolute atomic E-state index is 10.4. The van der Waals surface area contributed by atoms with Gasteiger partial charge < -0.3 is 15.2 Å². The van der Waals surface area contributed by atoms with Crippen molar-refractivity contribution in [3.05, 3.63) is 15.9 Å². The molecule has 0 unspecified atom stereocenters. The third-order valence-electron chi connectivity index (χ3n) is 3.86. The van der Waals surface area contributed by atoms with Gasteiger partial charge in [-0.25, -0.2) is 0 Å². The topological polar surface area (TPSA) is 59.3 Å². The molecule has 5 nitrogen and oxygen atoms in total. The minimum Gasteiger partial charge on any atom is -0.388 e. The van der Waals surface area contributed by atoms with Crippen LogP contribution in [0.15, 0.2) is 4.47 Å². The molecule has 0 saturated carbocycles. The van der Waals surface area contributed by atoms with Crippen LogP contribution in [0.4, 0.5) is 0 Å². The number of ether oxygens (including phenoxy) is 1. The first-order valence-corrected chi connectivity index (χ1v) is 8.14. The van der Waals surface area contributed by atoms with Crippen molar-refractivity contribution in [2.45, 2.75) is 51.8 Å². The Kier molecular flexibility index (Phi) is 5.60. The molecule has 2 rings (SSSR count). The largest absolute Gasteiger partial charge is 0.388 e. The lowest BCUT2D eigenvalue weighted by atomic mass is 9.94. The van der Waals surface area contributed by atoms with Crippen LogP contribution in [0.2, 0.25) is 0 Å². The second kappa shape index (κ2) is 7.02. The molecular formula is C14H24BrN3O2. The fourth-order valence-corrected chi connectivity index (χ4v) is 3.23. The van der Waals surface area contributed by atoms with E-state index < -0.39 is 5.60 Å². The highest BCUT2D eigenvalue weighted by atomic mass is 79.9. The van der Waals surface area contributed by atoms with Crippen LogP contribution in [0.5, 0.6) is 0 Å². The minimum atomic E-state index is -0.630. The van der Waals surface area contributed by atoms with Crippen LogP contribution in [0, 0.1) is 0 Å². The van der Waals surface area contributed by atoms with Gasteiger partial charge in [0.15, 0.2) is 0 Å². The lowest BCUT2D eigenvalue weighted by Gasteiger charge is -2.32. The average Bonchev–Trinajstić information content (AvgIpc) is 2.76. The van der Waals surface area contributed by atoms with Gasteiger partial charge in [0.1, 0.15) is 0 Å². The van der Waals surface area contributed by atoms with Gasteiger partial charge in [-0.2, -0.15) is 5.10 Å². The Balaban J connectivity index is 1.95. The number of aromatic nitrogens is 2. The number of nitrogens with zero attached hydrogens (tertiary/aromatic N) is 2. The molecule has 1 saturated heterocycles. The van der Waals surface area contributed by atoms with Gasteiger partial charge in [-0.3, -0.25) is 4.68 Å². The summed E-state index contributed by atoms with van der Waals surface area (Å²) in [6.07, 6.45) is 2.32. The summed E-state index contributed by atoms with van der Waals surface area (Å²) >= 11 is 3.64. The van der Waals surface area contributed by atoms with Crippen LogP contribution in [0.1, 0.15) is 38.1 Å². The van der Waals surface area contributed by atoms with Gasteiger partial charge in [0.05, 0.1) is 21.5 Å². The van der Waals surface area contributed by atoms with Crippen molar-refractivity contribution < 1.29 is 9.84 Å². The number of hydrogen-bond donors (Lipinski definition) is 2. The zero-order valence-electron chi connectivity index (χ0n) is 12.3. The molecule has 0 atom stereocenters. The fourth-order valence-electron chi connectivity index (χ4n) is 2.53. The summed E-state index contributed by atoms with van der Waals surface area (Å²) in [5.41, 5.74) is 1.61. The normalized spacial score (nSPS) is 18.4. The number of rotatable bonds is 6. The Hall–Kier alpha value is -0.430. The lowest BCUT2D eigenvalue weighted by Crippen LogP contribution is -2.45. The molecule has 0 spiro atoms. The minimum absolute atomic E-state index is 0.596. The highest BCUT2D eigenvalue weighted by molar-refractivity contribution is 9.10. The van der Waals surface area contributed by atoms with Crippen LogP contribution < -0.4 is 5.32 Å². The van der Waals surface area contributed by atoms with E-state index >= 15 is 0 Å². The number of nitrogens with one attached hydrogen (secondary N) is 1. The fraction of sp³-hybridized carbons (Fsp3) is 0.786. The first-order valence-electron chi connectivity index (χ1n) is 7.34. The molecule has 0 aliphatic carbocycles. The van der Waals surface area contributed by atoms with E-state index in [2.05, 4.69) is 40.2 Å². The monoisotopic (exact) mass is 345 g/mol. The summed E-state index contributed by atoms with van der Waals surface area (Å²) in [7, 11) is 0. The Labute approximate surface area is 128 Å². The molecule has 2 heterocycles. The molecule has 1 fully saturated rings. The van der Waals surface area contributed by atoms with E-state index in [4.69, 9.17) is 4.74 Å². The molecule has 2 N–H and O–H groups in total. The zero-order chi connectivity index (χ0) is 14.6. The lowest BCUT2D eigenvalue weighted by molar-refractivity contribution is -0.0617. The molecule has 6 heteroatoms. The summed E-state index contributed by atoms with van der Waals surface area (Å²) in [6, 6.07) is 0. The quantitative estimate of drug-likeness (QED) is 0.826. The first-order chi connectivity index (χ1) is 9.59. The zero-order valence-corrected chi connectivity index (χ0v) is 13.9. The van der Waals surface area contributed by atoms with Crippen molar-refractivity contribution >= 4 is 15.9 Å². The van der Waals surface area contributed by atoms with E-state index in [1.54, 1.807) is 0 Å². The third kappa shape index (κ3) is 3.61. The predicted molar refractivity (Wildman–Crippen MR) is 81.7 cm³/mol. The molecule has 1 aromatic heterocycles. The van der Waals surface area contributed by atoms with E-state index in [-0.39, 0.29) is 0 Å². The summed E-state index contributed by atoms with van der Waals surface area (Å²) in [4.78, 5) is 0. The first kappa shape index (κ1) is 15.9. The van der Waals surface area contributed by atoms with Crippen molar-refractivity contribution in [3.63, 3.8) is 0 Å². The molecule has 114 valence electrons. The number of aliphatic hydroxyl groups is 1. The van der Waals surface area contributed by atoms with E-state index in [9.17, 15) is 5.11 Å². The molecule has 1 aliphatic heterocycles. The van der Waals surface area contributed by atoms with Crippen molar-refractivity contribution in [2.24, 2.45) is 0 Å². The van der Waals surface area contributed by atoms with Crippen molar-refractivity contribution in [3.8, 4) is 0 Å². The number of hydrogen-bond acceptors (Lipinski definition) is 4. The van der Waals surface area contributed by atoms with Crippen LogP contribution in [-0.4, -0.2) is 40.2 Å². The Bertz CT molecular complexity index is 442. The van der Waals surface area contributed by atoms with Gasteiger partial charge in [-0.15, -0.1) is 0 Å². The maximum Gasteiger partial charge on any atom is 0.0815 e. The third-order valence-corrected chi connectivity index (χ3v) is 4.78. The molecular weight excluding hydrogens is 322 g/mol. The standard InChI is InChI=1S/C14H24BrN3O2/c1-3-11-13(15)12(18(4-2)17-11)9-16-10-14(19)5-7-20-8-6-14/h16,19H,3-10H2,1-2H3. The summed E-state index contributed by atoms with van der Waals surface area (Å²) in [5, 5.41) is 18.4. The van der Waals surface area contributed by atoms with E-state index in [0.717, 1.165) is 28.8 Å². The van der Waals surface area contributed by atoms with Crippen molar-refractivity contribution in [2.75, 3.05) is 19.8 Å². The average molecular weight is 346 g/mol. The molecule has 20 heavy (non-hydrogen) atoms. The SMILES string of the molecule is CCc1nn(CC)c(CNCC2(O)CCOCC2)c1Br. The van der Waals surface area contributed by atoms with Gasteiger partial charge in [0.25, 0.3) is 0 Å². The van der Waals surface area contributed by atoms with Crippen LogP contribution in [-0.2, 0) is 24.2 Å². The maximum atomic E-state index is 10.4. The van der Waals surface area contributed by atoms with Crippen molar-refractivity contribution in [1.82, 2.24) is 15.1 Å². The van der Waals surface area contributed by atoms with Crippen LogP contribution in [0.25, 0.3) is 0 Å². The van der Waals surface area contributed by atoms with E-state index in [1.807, 2.05) is 4.68 Å². The predicted octanol–water partition coefficient (Wildman–Crippen LogP) is 1.86. The van der Waals surface area contributed by atoms with Gasteiger partial charge in [-0.05, 0) is 29.3 Å². The second-order valence-electron chi connectivity index (χ2n) is 5.32. The number of halogens is 1. The molecule has 1 aliphatic rings.